The first-order valence-electron chi connectivity index (χ1n) is 7.07. The van der Waals surface area contributed by atoms with Crippen molar-refractivity contribution >= 4 is 38.4 Å². The molecule has 0 aliphatic heterocycles. The Bertz CT molecular complexity index is 892. The molecule has 0 saturated heterocycles. The summed E-state index contributed by atoms with van der Waals surface area (Å²) in [7, 11) is 0. The maximum absolute atomic E-state index is 11.5. The Morgan fingerprint density at radius 3 is 2.87 bits per heavy atom. The number of hydrogen-bond donors (Lipinski definition) is 1. The Hall–Kier alpha value is -2.53. The van der Waals surface area contributed by atoms with E-state index in [9.17, 15) is 4.79 Å². The van der Waals surface area contributed by atoms with Gasteiger partial charge in [0.25, 0.3) is 0 Å². The molecular formula is C18H14BrN3O. The monoisotopic (exact) mass is 367 g/mol. The molecular weight excluding hydrogens is 354 g/mol. The van der Waals surface area contributed by atoms with Crippen LogP contribution in [-0.4, -0.2) is 15.9 Å². The van der Waals surface area contributed by atoms with Gasteiger partial charge in [0.15, 0.2) is 0 Å². The first-order chi connectivity index (χ1) is 11.2. The molecule has 0 spiro atoms. The van der Waals surface area contributed by atoms with E-state index in [1.165, 1.54) is 6.08 Å². The highest BCUT2D eigenvalue weighted by Gasteiger charge is 2.07. The third-order valence-electron chi connectivity index (χ3n) is 3.43. The van der Waals surface area contributed by atoms with Gasteiger partial charge in [-0.2, -0.15) is 0 Å². The number of carbonyl (C=O) groups is 1. The summed E-state index contributed by atoms with van der Waals surface area (Å²) in [6, 6.07) is 13.7. The minimum atomic E-state index is -0.241. The average molecular weight is 368 g/mol. The summed E-state index contributed by atoms with van der Waals surface area (Å²) in [5, 5.41) is 3.69. The standard InChI is InChI=1S/C18H14BrN3O/c1-2-18(23)22-14-6-7-16-15(10-14)17(21-11-20-16)9-12-4-3-5-13(19)8-12/h2-8,10-11H,1,9H2,(H,22,23). The van der Waals surface area contributed by atoms with Crippen molar-refractivity contribution in [2.45, 2.75) is 6.42 Å². The number of benzene rings is 2. The molecule has 3 aromatic rings. The summed E-state index contributed by atoms with van der Waals surface area (Å²) in [4.78, 5) is 20.2. The zero-order valence-electron chi connectivity index (χ0n) is 12.3. The van der Waals surface area contributed by atoms with Crippen LogP contribution in [0.2, 0.25) is 0 Å². The number of rotatable bonds is 4. The van der Waals surface area contributed by atoms with Crippen LogP contribution in [0.4, 0.5) is 5.69 Å². The largest absolute Gasteiger partial charge is 0.323 e. The number of nitrogens with zero attached hydrogens (tertiary/aromatic N) is 2. The first-order valence-corrected chi connectivity index (χ1v) is 7.86. The highest BCUT2D eigenvalue weighted by atomic mass is 79.9. The van der Waals surface area contributed by atoms with Crippen LogP contribution in [-0.2, 0) is 11.2 Å². The molecule has 3 rings (SSSR count). The van der Waals surface area contributed by atoms with Gasteiger partial charge in [-0.15, -0.1) is 0 Å². The molecule has 0 saturated carbocycles. The molecule has 0 unspecified atom stereocenters. The molecule has 0 aliphatic carbocycles. The fourth-order valence-corrected chi connectivity index (χ4v) is 2.81. The number of amides is 1. The van der Waals surface area contributed by atoms with E-state index in [1.807, 2.05) is 30.3 Å². The lowest BCUT2D eigenvalue weighted by atomic mass is 10.1. The highest BCUT2D eigenvalue weighted by Crippen LogP contribution is 2.23. The summed E-state index contributed by atoms with van der Waals surface area (Å²) in [5.74, 6) is -0.241. The van der Waals surface area contributed by atoms with E-state index in [-0.39, 0.29) is 5.91 Å². The number of carbonyl (C=O) groups excluding carboxylic acids is 1. The van der Waals surface area contributed by atoms with Gasteiger partial charge in [0.2, 0.25) is 5.91 Å². The number of fused-ring (bicyclic) bond motifs is 1. The molecule has 23 heavy (non-hydrogen) atoms. The van der Waals surface area contributed by atoms with E-state index in [0.717, 1.165) is 26.6 Å². The fourth-order valence-electron chi connectivity index (χ4n) is 2.36. The van der Waals surface area contributed by atoms with Crippen LogP contribution in [0.1, 0.15) is 11.3 Å². The quantitative estimate of drug-likeness (QED) is 0.706. The SMILES string of the molecule is C=CC(=O)Nc1ccc2ncnc(Cc3cccc(Br)c3)c2c1. The van der Waals surface area contributed by atoms with E-state index in [0.29, 0.717) is 12.1 Å². The van der Waals surface area contributed by atoms with Gasteiger partial charge in [0, 0.05) is 22.0 Å². The fraction of sp³-hybridized carbons (Fsp3) is 0.0556. The van der Waals surface area contributed by atoms with Gasteiger partial charge in [0.1, 0.15) is 6.33 Å². The van der Waals surface area contributed by atoms with Crippen molar-refractivity contribution in [3.05, 3.63) is 77.2 Å². The van der Waals surface area contributed by atoms with E-state index in [4.69, 9.17) is 0 Å². The Morgan fingerprint density at radius 1 is 1.22 bits per heavy atom. The average Bonchev–Trinajstić information content (AvgIpc) is 2.55. The summed E-state index contributed by atoms with van der Waals surface area (Å²) < 4.78 is 1.03. The summed E-state index contributed by atoms with van der Waals surface area (Å²) >= 11 is 3.48. The van der Waals surface area contributed by atoms with Crippen molar-refractivity contribution in [2.24, 2.45) is 0 Å². The molecule has 1 N–H and O–H groups in total. The van der Waals surface area contributed by atoms with Crippen LogP contribution in [0.25, 0.3) is 10.9 Å². The van der Waals surface area contributed by atoms with Crippen molar-refractivity contribution in [2.75, 3.05) is 5.32 Å². The van der Waals surface area contributed by atoms with Crippen LogP contribution < -0.4 is 5.32 Å². The van der Waals surface area contributed by atoms with Crippen molar-refractivity contribution in [3.8, 4) is 0 Å². The van der Waals surface area contributed by atoms with Gasteiger partial charge in [-0.25, -0.2) is 9.97 Å². The van der Waals surface area contributed by atoms with E-state index < -0.39 is 0 Å². The van der Waals surface area contributed by atoms with Gasteiger partial charge in [-0.1, -0.05) is 34.6 Å². The number of hydrogen-bond acceptors (Lipinski definition) is 3. The molecule has 114 valence electrons. The Balaban J connectivity index is 2.00. The molecule has 5 heteroatoms. The molecule has 0 radical (unpaired) electrons. The molecule has 4 nitrogen and oxygen atoms in total. The van der Waals surface area contributed by atoms with Crippen LogP contribution in [0, 0.1) is 0 Å². The summed E-state index contributed by atoms with van der Waals surface area (Å²) in [6.45, 7) is 3.46. The van der Waals surface area contributed by atoms with Crippen LogP contribution in [0.5, 0.6) is 0 Å². The van der Waals surface area contributed by atoms with Crippen molar-refractivity contribution in [1.82, 2.24) is 9.97 Å². The Kier molecular flexibility index (Phi) is 4.48. The normalized spacial score (nSPS) is 10.5. The van der Waals surface area contributed by atoms with Crippen molar-refractivity contribution in [1.29, 1.82) is 0 Å². The lowest BCUT2D eigenvalue weighted by Crippen LogP contribution is -2.07. The predicted octanol–water partition coefficient (Wildman–Crippen LogP) is 4.11. The zero-order chi connectivity index (χ0) is 16.2. The highest BCUT2D eigenvalue weighted by molar-refractivity contribution is 9.10. The lowest BCUT2D eigenvalue weighted by Gasteiger charge is -2.08. The topological polar surface area (TPSA) is 54.9 Å². The maximum Gasteiger partial charge on any atom is 0.247 e. The molecule has 1 heterocycles. The Labute approximate surface area is 142 Å². The van der Waals surface area contributed by atoms with Crippen LogP contribution in [0.15, 0.2) is 65.9 Å². The second-order valence-electron chi connectivity index (χ2n) is 5.05. The number of aromatic nitrogens is 2. The van der Waals surface area contributed by atoms with Crippen molar-refractivity contribution < 1.29 is 4.79 Å². The van der Waals surface area contributed by atoms with Gasteiger partial charge in [-0.3, -0.25) is 4.79 Å². The molecule has 2 aromatic carbocycles. The first kappa shape index (κ1) is 15.4. The predicted molar refractivity (Wildman–Crippen MR) is 95.3 cm³/mol. The Morgan fingerprint density at radius 2 is 2.09 bits per heavy atom. The van der Waals surface area contributed by atoms with Gasteiger partial charge in [-0.05, 0) is 42.0 Å². The second-order valence-corrected chi connectivity index (χ2v) is 5.97. The molecule has 0 aliphatic rings. The number of halogens is 1. The van der Waals surface area contributed by atoms with E-state index in [1.54, 1.807) is 6.33 Å². The minimum absolute atomic E-state index is 0.241. The van der Waals surface area contributed by atoms with Crippen molar-refractivity contribution in [3.63, 3.8) is 0 Å². The molecule has 1 amide bonds. The maximum atomic E-state index is 11.5. The second kappa shape index (κ2) is 6.71. The zero-order valence-corrected chi connectivity index (χ0v) is 13.9. The minimum Gasteiger partial charge on any atom is -0.323 e. The van der Waals surface area contributed by atoms with Gasteiger partial charge < -0.3 is 5.32 Å². The molecule has 0 atom stereocenters. The van der Waals surface area contributed by atoms with Crippen LogP contribution in [0.3, 0.4) is 0 Å². The third kappa shape index (κ3) is 3.63. The number of anilines is 1. The van der Waals surface area contributed by atoms with Gasteiger partial charge in [0.05, 0.1) is 11.2 Å². The molecule has 0 bridgehead atoms. The van der Waals surface area contributed by atoms with Crippen LogP contribution >= 0.6 is 15.9 Å². The lowest BCUT2D eigenvalue weighted by molar-refractivity contribution is -0.111. The third-order valence-corrected chi connectivity index (χ3v) is 3.92. The van der Waals surface area contributed by atoms with Gasteiger partial charge >= 0.3 is 0 Å². The van der Waals surface area contributed by atoms with E-state index in [2.05, 4.69) is 49.9 Å². The van der Waals surface area contributed by atoms with E-state index >= 15 is 0 Å². The summed E-state index contributed by atoms with van der Waals surface area (Å²) in [6.07, 6.45) is 3.50. The summed E-state index contributed by atoms with van der Waals surface area (Å²) in [5.41, 5.74) is 3.62. The smallest absolute Gasteiger partial charge is 0.247 e. The number of nitrogens with one attached hydrogen (secondary N) is 1. The molecule has 0 fully saturated rings. The molecule has 1 aromatic heterocycles.